The molecule has 0 saturated carbocycles. The molecule has 1 aliphatic carbocycles. The van der Waals surface area contributed by atoms with Gasteiger partial charge in [0.1, 0.15) is 0 Å². The first-order chi connectivity index (χ1) is 16.5. The first kappa shape index (κ1) is 23.5. The number of benzene rings is 2. The van der Waals surface area contributed by atoms with Crippen LogP contribution in [-0.2, 0) is 22.4 Å². The average Bonchev–Trinajstić information content (AvgIpc) is 3.16. The van der Waals surface area contributed by atoms with Crippen molar-refractivity contribution < 1.29 is 28.5 Å². The predicted molar refractivity (Wildman–Crippen MR) is 127 cm³/mol. The van der Waals surface area contributed by atoms with Crippen LogP contribution >= 0.6 is 0 Å². The van der Waals surface area contributed by atoms with Crippen LogP contribution in [0.3, 0.4) is 0 Å². The highest BCUT2D eigenvalue weighted by Gasteiger charge is 2.27. The van der Waals surface area contributed by atoms with E-state index in [0.717, 1.165) is 35.1 Å². The van der Waals surface area contributed by atoms with Crippen molar-refractivity contribution in [1.82, 2.24) is 10.2 Å². The van der Waals surface area contributed by atoms with Crippen LogP contribution in [0, 0.1) is 0 Å². The molecule has 1 atom stereocenters. The van der Waals surface area contributed by atoms with E-state index in [1.165, 1.54) is 0 Å². The second-order valence-electron chi connectivity index (χ2n) is 8.30. The van der Waals surface area contributed by atoms with Gasteiger partial charge in [-0.05, 0) is 65.4 Å². The number of aryl methyl sites for hydroxylation is 1. The number of carbonyl (C=O) groups is 2. The zero-order chi connectivity index (χ0) is 24.2. The number of fused-ring (bicyclic) bond motifs is 2. The number of methoxy groups -OCH3 is 4. The van der Waals surface area contributed by atoms with Crippen molar-refractivity contribution in [2.24, 2.45) is 0 Å². The molecule has 1 N–H and O–H groups in total. The second-order valence-corrected chi connectivity index (χ2v) is 8.30. The summed E-state index contributed by atoms with van der Waals surface area (Å²) in [6.45, 7) is 0.301. The average molecular weight is 467 g/mol. The third kappa shape index (κ3) is 4.66. The third-order valence-corrected chi connectivity index (χ3v) is 6.38. The van der Waals surface area contributed by atoms with E-state index in [2.05, 4.69) is 5.32 Å². The van der Waals surface area contributed by atoms with Crippen molar-refractivity contribution in [2.75, 3.05) is 35.0 Å². The van der Waals surface area contributed by atoms with Crippen molar-refractivity contribution in [2.45, 2.75) is 31.7 Å². The van der Waals surface area contributed by atoms with Crippen LogP contribution < -0.4 is 24.3 Å². The molecule has 2 aromatic carbocycles. The largest absolute Gasteiger partial charge is 0.493 e. The summed E-state index contributed by atoms with van der Waals surface area (Å²) in [6.07, 6.45) is 5.71. The molecule has 2 aliphatic rings. The Labute approximate surface area is 199 Å². The first-order valence-corrected chi connectivity index (χ1v) is 11.2. The molecule has 2 amide bonds. The summed E-state index contributed by atoms with van der Waals surface area (Å²) in [5, 5.41) is 3.11. The van der Waals surface area contributed by atoms with E-state index < -0.39 is 0 Å². The molecule has 0 bridgehead atoms. The highest BCUT2D eigenvalue weighted by atomic mass is 16.5. The lowest BCUT2D eigenvalue weighted by Crippen LogP contribution is -2.33. The molecule has 1 heterocycles. The lowest BCUT2D eigenvalue weighted by atomic mass is 10.0. The minimum Gasteiger partial charge on any atom is -0.493 e. The number of hydrogen-bond acceptors (Lipinski definition) is 6. The van der Waals surface area contributed by atoms with Gasteiger partial charge in [0.05, 0.1) is 40.9 Å². The predicted octanol–water partition coefficient (Wildman–Crippen LogP) is 3.27. The number of nitrogens with zero attached hydrogens (tertiary/aromatic N) is 1. The Balaban J connectivity index is 1.39. The van der Waals surface area contributed by atoms with Gasteiger partial charge in [-0.25, -0.2) is 0 Å². The fraction of sp³-hybridized carbons (Fsp3) is 0.385. The standard InChI is InChI=1S/C26H30N2O6/c1-31-21-11-16-7-9-28(26(30)14-18(16)13-23(21)33-3)10-8-25(29)27-20-6-5-17-12-22(32-2)24(34-4)15-19(17)20/h7,9,11-13,15,20H,5-6,8,10,14H2,1-4H3,(H,27,29)/t20-/m1/s1. The van der Waals surface area contributed by atoms with Crippen LogP contribution in [0.1, 0.15) is 41.1 Å². The van der Waals surface area contributed by atoms with Crippen LogP contribution in [0.15, 0.2) is 30.5 Å². The van der Waals surface area contributed by atoms with Crippen LogP contribution in [0.2, 0.25) is 0 Å². The Morgan fingerprint density at radius 3 is 2.24 bits per heavy atom. The van der Waals surface area contributed by atoms with E-state index in [1.54, 1.807) is 39.5 Å². The Bertz CT molecular complexity index is 1130. The molecule has 0 unspecified atom stereocenters. The molecule has 0 radical (unpaired) electrons. The van der Waals surface area contributed by atoms with Gasteiger partial charge in [-0.2, -0.15) is 0 Å². The summed E-state index contributed by atoms with van der Waals surface area (Å²) >= 11 is 0. The smallest absolute Gasteiger partial charge is 0.230 e. The van der Waals surface area contributed by atoms with Gasteiger partial charge in [0.25, 0.3) is 0 Å². The van der Waals surface area contributed by atoms with Crippen molar-refractivity contribution in [1.29, 1.82) is 0 Å². The molecule has 8 nitrogen and oxygen atoms in total. The molecule has 8 heteroatoms. The molecule has 2 aromatic rings. The quantitative estimate of drug-likeness (QED) is 0.643. The highest BCUT2D eigenvalue weighted by molar-refractivity contribution is 5.85. The summed E-state index contributed by atoms with van der Waals surface area (Å²) in [4.78, 5) is 27.2. The summed E-state index contributed by atoms with van der Waals surface area (Å²) in [5.74, 6) is 2.36. The molecule has 0 fully saturated rings. The van der Waals surface area contributed by atoms with Crippen molar-refractivity contribution in [3.63, 3.8) is 0 Å². The molecule has 0 aromatic heterocycles. The van der Waals surface area contributed by atoms with Gasteiger partial charge >= 0.3 is 0 Å². The number of nitrogens with one attached hydrogen (secondary N) is 1. The van der Waals surface area contributed by atoms with E-state index in [1.807, 2.05) is 30.3 Å². The third-order valence-electron chi connectivity index (χ3n) is 6.38. The topological polar surface area (TPSA) is 86.3 Å². The maximum atomic E-state index is 12.8. The minimum atomic E-state index is -0.0982. The first-order valence-electron chi connectivity index (χ1n) is 11.2. The fourth-order valence-electron chi connectivity index (χ4n) is 4.53. The van der Waals surface area contributed by atoms with Gasteiger partial charge in [-0.1, -0.05) is 0 Å². The molecular weight excluding hydrogens is 436 g/mol. The maximum Gasteiger partial charge on any atom is 0.230 e. The highest BCUT2D eigenvalue weighted by Crippen LogP contribution is 2.39. The molecule has 0 saturated heterocycles. The van der Waals surface area contributed by atoms with Gasteiger partial charge < -0.3 is 29.2 Å². The molecule has 0 spiro atoms. The van der Waals surface area contributed by atoms with Crippen molar-refractivity contribution in [3.05, 3.63) is 52.7 Å². The molecule has 180 valence electrons. The number of amides is 2. The monoisotopic (exact) mass is 466 g/mol. The Kier molecular flexibility index (Phi) is 6.95. The lowest BCUT2D eigenvalue weighted by Gasteiger charge is -2.19. The van der Waals surface area contributed by atoms with Gasteiger partial charge in [0, 0.05) is 19.2 Å². The summed E-state index contributed by atoms with van der Waals surface area (Å²) < 4.78 is 21.5. The Morgan fingerprint density at radius 2 is 1.56 bits per heavy atom. The lowest BCUT2D eigenvalue weighted by molar-refractivity contribution is -0.128. The zero-order valence-corrected chi connectivity index (χ0v) is 20.0. The molecular formula is C26H30N2O6. The fourth-order valence-corrected chi connectivity index (χ4v) is 4.53. The van der Waals surface area contributed by atoms with Gasteiger partial charge in [0.2, 0.25) is 11.8 Å². The van der Waals surface area contributed by atoms with E-state index in [-0.39, 0.29) is 30.7 Å². The van der Waals surface area contributed by atoms with Crippen LogP contribution in [-0.4, -0.2) is 51.7 Å². The van der Waals surface area contributed by atoms with E-state index in [4.69, 9.17) is 18.9 Å². The van der Waals surface area contributed by atoms with Crippen LogP contribution in [0.25, 0.3) is 6.08 Å². The van der Waals surface area contributed by atoms with E-state index in [9.17, 15) is 9.59 Å². The minimum absolute atomic E-state index is 0.0712. The van der Waals surface area contributed by atoms with Crippen molar-refractivity contribution >= 4 is 17.9 Å². The number of hydrogen-bond donors (Lipinski definition) is 1. The Hall–Kier alpha value is -3.68. The SMILES string of the molecule is COc1cc2c(cc1OC)CC(=O)N(CCC(=O)N[C@@H]1CCc3cc(OC)c(OC)cc31)C=C2. The second kappa shape index (κ2) is 10.1. The van der Waals surface area contributed by atoms with Gasteiger partial charge in [-0.3, -0.25) is 9.59 Å². The van der Waals surface area contributed by atoms with E-state index >= 15 is 0 Å². The number of ether oxygens (including phenoxy) is 4. The molecule has 34 heavy (non-hydrogen) atoms. The van der Waals surface area contributed by atoms with Gasteiger partial charge in [0.15, 0.2) is 23.0 Å². The van der Waals surface area contributed by atoms with Crippen LogP contribution in [0.5, 0.6) is 23.0 Å². The Morgan fingerprint density at radius 1 is 0.941 bits per heavy atom. The van der Waals surface area contributed by atoms with Crippen LogP contribution in [0.4, 0.5) is 0 Å². The summed E-state index contributed by atoms with van der Waals surface area (Å²) in [7, 11) is 6.36. The van der Waals surface area contributed by atoms with E-state index in [0.29, 0.717) is 29.5 Å². The summed E-state index contributed by atoms with van der Waals surface area (Å²) in [5.41, 5.74) is 3.95. The van der Waals surface area contributed by atoms with Crippen molar-refractivity contribution in [3.8, 4) is 23.0 Å². The van der Waals surface area contributed by atoms with Gasteiger partial charge in [-0.15, -0.1) is 0 Å². The maximum absolute atomic E-state index is 12.8. The number of rotatable bonds is 8. The molecule has 4 rings (SSSR count). The normalized spacial score (nSPS) is 16.4. The zero-order valence-electron chi connectivity index (χ0n) is 20.0. The summed E-state index contributed by atoms with van der Waals surface area (Å²) in [6, 6.07) is 7.51. The molecule has 1 aliphatic heterocycles. The number of carbonyl (C=O) groups excluding carboxylic acids is 2.